The summed E-state index contributed by atoms with van der Waals surface area (Å²) in [5.41, 5.74) is 0.164. The maximum Gasteiger partial charge on any atom is 0.265 e. The zero-order valence-corrected chi connectivity index (χ0v) is 22.4. The van der Waals surface area contributed by atoms with Crippen molar-refractivity contribution in [3.8, 4) is 11.6 Å². The van der Waals surface area contributed by atoms with E-state index < -0.39 is 11.4 Å². The number of hydrogen-bond donors (Lipinski definition) is 2. The van der Waals surface area contributed by atoms with Gasteiger partial charge < -0.3 is 19.5 Å². The standard InChI is InChI=1S/C29H38N4O5/c1-4-38-19(2)24-26(37-3)25(28(35)30-27(24)34)32-31-23-18-12-11-17-22(23)29(36)33(20-13-7-5-8-14-20)21-15-9-6-10-16-21/h11-12,17-18,20-21H,2,4-10,13-16H2,1,3H3,(H2,30,34,35)/b32-31+. The average molecular weight is 523 g/mol. The second-order valence-corrected chi connectivity index (χ2v) is 9.93. The zero-order valence-electron chi connectivity index (χ0n) is 22.4. The van der Waals surface area contributed by atoms with Gasteiger partial charge in [0.1, 0.15) is 11.3 Å². The molecule has 9 heteroatoms. The Balaban J connectivity index is 1.71. The van der Waals surface area contributed by atoms with E-state index in [1.54, 1.807) is 25.1 Å². The van der Waals surface area contributed by atoms with Crippen LogP contribution in [0.5, 0.6) is 11.6 Å². The number of hydrogen-bond acceptors (Lipinski definition) is 7. The molecule has 2 N–H and O–H groups in total. The number of aromatic hydroxyl groups is 1. The third-order valence-electron chi connectivity index (χ3n) is 7.49. The largest absolute Gasteiger partial charge is 0.494 e. The van der Waals surface area contributed by atoms with Crippen LogP contribution in [0.2, 0.25) is 0 Å². The first-order valence-corrected chi connectivity index (χ1v) is 13.6. The lowest BCUT2D eigenvalue weighted by molar-refractivity contribution is 0.0449. The summed E-state index contributed by atoms with van der Waals surface area (Å²) in [7, 11) is 1.36. The van der Waals surface area contributed by atoms with Crippen molar-refractivity contribution >= 4 is 23.0 Å². The van der Waals surface area contributed by atoms with Crippen molar-refractivity contribution in [3.63, 3.8) is 0 Å². The molecule has 0 radical (unpaired) electrons. The Kier molecular flexibility index (Phi) is 9.20. The number of azo groups is 1. The van der Waals surface area contributed by atoms with E-state index in [0.29, 0.717) is 17.9 Å². The zero-order chi connectivity index (χ0) is 27.1. The van der Waals surface area contributed by atoms with Crippen LogP contribution in [-0.4, -0.2) is 46.7 Å². The molecule has 1 heterocycles. The van der Waals surface area contributed by atoms with Crippen molar-refractivity contribution in [2.45, 2.75) is 83.2 Å². The first-order chi connectivity index (χ1) is 18.5. The molecule has 204 valence electrons. The van der Waals surface area contributed by atoms with E-state index in [-0.39, 0.29) is 40.8 Å². The van der Waals surface area contributed by atoms with E-state index >= 15 is 0 Å². The number of carbonyl (C=O) groups is 1. The van der Waals surface area contributed by atoms with Crippen LogP contribution in [0.3, 0.4) is 0 Å². The molecule has 1 aromatic heterocycles. The SMILES string of the molecule is C=C(OCC)c1c(OC)c(/N=N/c2ccccc2C(=O)N(C2CCCCC2)C2CCCCC2)c(O)[nH]c1=O. The van der Waals surface area contributed by atoms with Crippen LogP contribution in [0, 0.1) is 0 Å². The fourth-order valence-corrected chi connectivity index (χ4v) is 5.68. The molecule has 2 fully saturated rings. The van der Waals surface area contributed by atoms with Gasteiger partial charge in [0.25, 0.3) is 11.5 Å². The van der Waals surface area contributed by atoms with Gasteiger partial charge in [0.15, 0.2) is 11.4 Å². The first-order valence-electron chi connectivity index (χ1n) is 13.6. The fraction of sp³-hybridized carbons (Fsp3) is 0.517. The molecule has 4 rings (SSSR count). The van der Waals surface area contributed by atoms with E-state index in [0.717, 1.165) is 51.4 Å². The first kappa shape index (κ1) is 27.4. The van der Waals surface area contributed by atoms with Crippen LogP contribution >= 0.6 is 0 Å². The Morgan fingerprint density at radius 1 is 1.05 bits per heavy atom. The predicted octanol–water partition coefficient (Wildman–Crippen LogP) is 6.62. The lowest BCUT2D eigenvalue weighted by Crippen LogP contribution is -2.48. The molecular formula is C29H38N4O5. The minimum atomic E-state index is -0.622. The Labute approximate surface area is 223 Å². The summed E-state index contributed by atoms with van der Waals surface area (Å²) in [6.45, 7) is 5.86. The summed E-state index contributed by atoms with van der Waals surface area (Å²) in [6.07, 6.45) is 11.1. The van der Waals surface area contributed by atoms with E-state index in [1.165, 1.54) is 20.0 Å². The number of carbonyl (C=O) groups excluding carboxylic acids is 1. The van der Waals surface area contributed by atoms with Gasteiger partial charge >= 0.3 is 0 Å². The van der Waals surface area contributed by atoms with E-state index in [1.807, 2.05) is 6.07 Å². The topological polar surface area (TPSA) is 117 Å². The van der Waals surface area contributed by atoms with Crippen molar-refractivity contribution in [2.75, 3.05) is 13.7 Å². The van der Waals surface area contributed by atoms with Gasteiger partial charge in [-0.05, 0) is 44.7 Å². The van der Waals surface area contributed by atoms with E-state index in [9.17, 15) is 14.7 Å². The van der Waals surface area contributed by atoms with Crippen LogP contribution in [0.4, 0.5) is 11.4 Å². The number of amides is 1. The van der Waals surface area contributed by atoms with Crippen LogP contribution in [0.1, 0.15) is 87.1 Å². The molecule has 38 heavy (non-hydrogen) atoms. The molecule has 2 aromatic rings. The molecule has 2 saturated carbocycles. The van der Waals surface area contributed by atoms with Gasteiger partial charge in [-0.3, -0.25) is 14.6 Å². The molecule has 2 aliphatic rings. The Hall–Kier alpha value is -3.62. The molecule has 0 saturated heterocycles. The van der Waals surface area contributed by atoms with E-state index in [4.69, 9.17) is 9.47 Å². The monoisotopic (exact) mass is 522 g/mol. The molecular weight excluding hydrogens is 484 g/mol. The molecule has 0 atom stereocenters. The van der Waals surface area contributed by atoms with Crippen molar-refractivity contribution < 1.29 is 19.4 Å². The molecule has 0 aliphatic heterocycles. The lowest BCUT2D eigenvalue weighted by Gasteiger charge is -2.42. The number of pyridine rings is 1. The smallest absolute Gasteiger partial charge is 0.265 e. The van der Waals surface area contributed by atoms with Crippen molar-refractivity contribution in [1.82, 2.24) is 9.88 Å². The van der Waals surface area contributed by atoms with Crippen molar-refractivity contribution in [1.29, 1.82) is 0 Å². The summed E-state index contributed by atoms with van der Waals surface area (Å²) < 4.78 is 10.8. The highest BCUT2D eigenvalue weighted by molar-refractivity contribution is 5.99. The summed E-state index contributed by atoms with van der Waals surface area (Å²) in [5, 5.41) is 19.1. The summed E-state index contributed by atoms with van der Waals surface area (Å²) in [5.74, 6) is -0.448. The van der Waals surface area contributed by atoms with Gasteiger partial charge in [-0.1, -0.05) is 57.2 Å². The maximum atomic E-state index is 14.1. The quantitative estimate of drug-likeness (QED) is 0.284. The number of nitrogens with zero attached hydrogens (tertiary/aromatic N) is 3. The highest BCUT2D eigenvalue weighted by Gasteiger charge is 2.34. The third kappa shape index (κ3) is 5.92. The molecule has 0 unspecified atom stereocenters. The number of H-pyrrole nitrogens is 1. The van der Waals surface area contributed by atoms with Gasteiger partial charge in [-0.15, -0.1) is 10.2 Å². The normalized spacial score (nSPS) is 16.9. The molecule has 9 nitrogen and oxygen atoms in total. The highest BCUT2D eigenvalue weighted by atomic mass is 16.5. The number of nitrogens with one attached hydrogen (secondary N) is 1. The number of rotatable bonds is 9. The minimum absolute atomic E-state index is 0.0108. The molecule has 1 amide bonds. The Bertz CT molecular complexity index is 1210. The minimum Gasteiger partial charge on any atom is -0.494 e. The fourth-order valence-electron chi connectivity index (χ4n) is 5.68. The number of benzene rings is 1. The van der Waals surface area contributed by atoms with Crippen LogP contribution in [-0.2, 0) is 4.74 Å². The molecule has 0 spiro atoms. The summed E-state index contributed by atoms with van der Waals surface area (Å²) in [4.78, 5) is 31.1. The molecule has 2 aliphatic carbocycles. The van der Waals surface area contributed by atoms with E-state index in [2.05, 4.69) is 26.7 Å². The second kappa shape index (κ2) is 12.8. The number of ether oxygens (including phenoxy) is 2. The summed E-state index contributed by atoms with van der Waals surface area (Å²) in [6, 6.07) is 7.60. The lowest BCUT2D eigenvalue weighted by atomic mass is 9.88. The van der Waals surface area contributed by atoms with Crippen LogP contribution in [0.25, 0.3) is 5.76 Å². The summed E-state index contributed by atoms with van der Waals surface area (Å²) >= 11 is 0. The Morgan fingerprint density at radius 2 is 1.66 bits per heavy atom. The van der Waals surface area contributed by atoms with Gasteiger partial charge in [0.05, 0.1) is 25.0 Å². The number of aromatic amines is 1. The number of methoxy groups -OCH3 is 1. The maximum absolute atomic E-state index is 14.1. The second-order valence-electron chi connectivity index (χ2n) is 9.93. The van der Waals surface area contributed by atoms with Crippen LogP contribution in [0.15, 0.2) is 45.9 Å². The van der Waals surface area contributed by atoms with Gasteiger partial charge in [-0.2, -0.15) is 0 Å². The number of aromatic nitrogens is 1. The highest BCUT2D eigenvalue weighted by Crippen LogP contribution is 2.40. The van der Waals surface area contributed by atoms with Crippen molar-refractivity contribution in [2.24, 2.45) is 10.2 Å². The van der Waals surface area contributed by atoms with Gasteiger partial charge in [-0.25, -0.2) is 0 Å². The predicted molar refractivity (Wildman–Crippen MR) is 146 cm³/mol. The van der Waals surface area contributed by atoms with Crippen LogP contribution < -0.4 is 10.3 Å². The average Bonchev–Trinajstić information content (AvgIpc) is 2.93. The Morgan fingerprint density at radius 3 is 2.24 bits per heavy atom. The third-order valence-corrected chi connectivity index (χ3v) is 7.49. The van der Waals surface area contributed by atoms with Gasteiger partial charge in [0, 0.05) is 12.1 Å². The van der Waals surface area contributed by atoms with Crippen molar-refractivity contribution in [3.05, 3.63) is 52.3 Å². The van der Waals surface area contributed by atoms with Gasteiger partial charge in [0.2, 0.25) is 5.88 Å². The molecule has 1 aromatic carbocycles. The molecule has 0 bridgehead atoms.